The van der Waals surface area contributed by atoms with E-state index in [0.717, 1.165) is 22.4 Å². The Labute approximate surface area is 171 Å². The lowest BCUT2D eigenvalue weighted by Crippen LogP contribution is -2.29. The largest absolute Gasteiger partial charge is 0.483 e. The Morgan fingerprint density at radius 1 is 1.03 bits per heavy atom. The summed E-state index contributed by atoms with van der Waals surface area (Å²) in [6.07, 6.45) is 0.342. The first-order valence-electron chi connectivity index (χ1n) is 9.31. The van der Waals surface area contributed by atoms with Crippen LogP contribution in [-0.2, 0) is 23.1 Å². The maximum absolute atomic E-state index is 12.8. The van der Waals surface area contributed by atoms with Gasteiger partial charge in [-0.25, -0.2) is 12.7 Å². The van der Waals surface area contributed by atoms with Crippen molar-refractivity contribution in [1.29, 1.82) is 0 Å². The summed E-state index contributed by atoms with van der Waals surface area (Å²) in [7, 11) is -2.02. The monoisotopic (exact) mass is 415 g/mol. The Morgan fingerprint density at radius 2 is 1.79 bits per heavy atom. The summed E-state index contributed by atoms with van der Waals surface area (Å²) in [5, 5.41) is 3.92. The van der Waals surface area contributed by atoms with Gasteiger partial charge in [0.25, 0.3) is 5.89 Å². The molecule has 2 aromatic carbocycles. The molecule has 3 rings (SSSR count). The molecule has 0 radical (unpaired) electrons. The Kier molecular flexibility index (Phi) is 6.34. The normalized spacial score (nSPS) is 11.8. The van der Waals surface area contributed by atoms with Gasteiger partial charge in [0, 0.05) is 20.0 Å². The number of likely N-dealkylation sites (N-methyl/N-ethyl adjacent to an activating group) is 1. The SMILES string of the molecule is Cc1ccc(S(=O)(=O)N(C)CCc2noc(COc3ccccc3C)n2)cc1C. The number of para-hydroxylation sites is 1. The van der Waals surface area contributed by atoms with Gasteiger partial charge in [-0.2, -0.15) is 4.98 Å². The van der Waals surface area contributed by atoms with E-state index >= 15 is 0 Å². The first kappa shape index (κ1) is 21.0. The molecule has 0 atom stereocenters. The molecule has 0 N–H and O–H groups in total. The highest BCUT2D eigenvalue weighted by Crippen LogP contribution is 2.19. The maximum atomic E-state index is 12.8. The molecule has 0 aliphatic rings. The highest BCUT2D eigenvalue weighted by molar-refractivity contribution is 7.89. The number of hydrogen-bond donors (Lipinski definition) is 0. The Morgan fingerprint density at radius 3 is 2.52 bits per heavy atom. The van der Waals surface area contributed by atoms with Gasteiger partial charge >= 0.3 is 0 Å². The van der Waals surface area contributed by atoms with Crippen LogP contribution < -0.4 is 4.74 Å². The summed E-state index contributed by atoms with van der Waals surface area (Å²) < 4.78 is 37.7. The van der Waals surface area contributed by atoms with Gasteiger partial charge < -0.3 is 9.26 Å². The van der Waals surface area contributed by atoms with Gasteiger partial charge in [0.05, 0.1) is 4.90 Å². The highest BCUT2D eigenvalue weighted by atomic mass is 32.2. The molecule has 1 aromatic heterocycles. The predicted octanol–water partition coefficient (Wildman–Crippen LogP) is 3.44. The Balaban J connectivity index is 1.58. The van der Waals surface area contributed by atoms with E-state index in [1.807, 2.05) is 51.1 Å². The van der Waals surface area contributed by atoms with E-state index < -0.39 is 10.0 Å². The number of aromatic nitrogens is 2. The number of rotatable bonds is 8. The molecule has 1 heterocycles. The average molecular weight is 416 g/mol. The molecule has 8 heteroatoms. The van der Waals surface area contributed by atoms with Gasteiger partial charge in [0.15, 0.2) is 12.4 Å². The van der Waals surface area contributed by atoms with Crippen molar-refractivity contribution in [3.05, 3.63) is 70.9 Å². The second kappa shape index (κ2) is 8.75. The van der Waals surface area contributed by atoms with E-state index in [-0.39, 0.29) is 18.0 Å². The minimum absolute atomic E-state index is 0.161. The highest BCUT2D eigenvalue weighted by Gasteiger charge is 2.21. The van der Waals surface area contributed by atoms with E-state index in [1.165, 1.54) is 4.31 Å². The second-order valence-electron chi connectivity index (χ2n) is 6.98. The summed E-state index contributed by atoms with van der Waals surface area (Å²) in [6.45, 7) is 6.21. The van der Waals surface area contributed by atoms with E-state index in [2.05, 4.69) is 10.1 Å². The van der Waals surface area contributed by atoms with Crippen LogP contribution >= 0.6 is 0 Å². The van der Waals surface area contributed by atoms with E-state index in [4.69, 9.17) is 9.26 Å². The van der Waals surface area contributed by atoms with Crippen LogP contribution in [0.15, 0.2) is 51.9 Å². The lowest BCUT2D eigenvalue weighted by molar-refractivity contribution is 0.241. The number of sulfonamides is 1. The van der Waals surface area contributed by atoms with Crippen LogP contribution in [0, 0.1) is 20.8 Å². The zero-order valence-corrected chi connectivity index (χ0v) is 17.9. The summed E-state index contributed by atoms with van der Waals surface area (Å²) >= 11 is 0. The number of aryl methyl sites for hydroxylation is 3. The standard InChI is InChI=1S/C21H25N3O4S/c1-15-9-10-18(13-17(15)3)29(25,26)24(4)12-11-20-22-21(28-23-20)14-27-19-8-6-5-7-16(19)2/h5-10,13H,11-12,14H2,1-4H3. The summed E-state index contributed by atoms with van der Waals surface area (Å²) in [5.41, 5.74) is 3.01. The van der Waals surface area contributed by atoms with Crippen molar-refractivity contribution in [2.24, 2.45) is 0 Å². The molecule has 0 saturated heterocycles. The molecular formula is C21H25N3O4S. The molecule has 154 valence electrons. The lowest BCUT2D eigenvalue weighted by Gasteiger charge is -2.17. The van der Waals surface area contributed by atoms with Gasteiger partial charge in [-0.15, -0.1) is 0 Å². The van der Waals surface area contributed by atoms with Crippen molar-refractivity contribution in [2.45, 2.75) is 38.7 Å². The van der Waals surface area contributed by atoms with Gasteiger partial charge in [0.2, 0.25) is 10.0 Å². The summed E-state index contributed by atoms with van der Waals surface area (Å²) in [4.78, 5) is 4.56. The third kappa shape index (κ3) is 5.02. The zero-order chi connectivity index (χ0) is 21.0. The van der Waals surface area contributed by atoms with Crippen LogP contribution in [0.1, 0.15) is 28.4 Å². The van der Waals surface area contributed by atoms with Crippen molar-refractivity contribution in [1.82, 2.24) is 14.4 Å². The fourth-order valence-corrected chi connectivity index (χ4v) is 4.00. The average Bonchev–Trinajstić information content (AvgIpc) is 3.15. The van der Waals surface area contributed by atoms with Crippen LogP contribution in [0.25, 0.3) is 0 Å². The summed E-state index contributed by atoms with van der Waals surface area (Å²) in [6, 6.07) is 12.8. The van der Waals surface area contributed by atoms with Crippen molar-refractivity contribution in [2.75, 3.05) is 13.6 Å². The van der Waals surface area contributed by atoms with Crippen LogP contribution in [0.2, 0.25) is 0 Å². The molecule has 0 unspecified atom stereocenters. The molecule has 0 aliphatic carbocycles. The zero-order valence-electron chi connectivity index (χ0n) is 17.0. The third-order valence-corrected chi connectivity index (χ3v) is 6.64. The summed E-state index contributed by atoms with van der Waals surface area (Å²) in [5.74, 6) is 1.55. The van der Waals surface area contributed by atoms with Crippen LogP contribution in [0.4, 0.5) is 0 Å². The predicted molar refractivity (Wildman–Crippen MR) is 109 cm³/mol. The van der Waals surface area contributed by atoms with Crippen LogP contribution in [0.5, 0.6) is 5.75 Å². The van der Waals surface area contributed by atoms with E-state index in [0.29, 0.717) is 18.1 Å². The first-order valence-corrected chi connectivity index (χ1v) is 10.7. The lowest BCUT2D eigenvalue weighted by atomic mass is 10.1. The third-order valence-electron chi connectivity index (χ3n) is 4.79. The van der Waals surface area contributed by atoms with Crippen LogP contribution in [-0.4, -0.2) is 36.5 Å². The molecule has 0 spiro atoms. The molecule has 7 nitrogen and oxygen atoms in total. The number of nitrogens with zero attached hydrogens (tertiary/aromatic N) is 3. The molecule has 0 fully saturated rings. The molecule has 0 amide bonds. The van der Waals surface area contributed by atoms with Crippen molar-refractivity contribution in [3.8, 4) is 5.75 Å². The maximum Gasteiger partial charge on any atom is 0.264 e. The van der Waals surface area contributed by atoms with E-state index in [1.54, 1.807) is 19.2 Å². The minimum atomic E-state index is -3.57. The molecular weight excluding hydrogens is 390 g/mol. The number of benzene rings is 2. The second-order valence-corrected chi connectivity index (χ2v) is 9.03. The fourth-order valence-electron chi connectivity index (χ4n) is 2.74. The van der Waals surface area contributed by atoms with Gasteiger partial charge in [-0.05, 0) is 55.7 Å². The molecule has 0 bridgehead atoms. The Bertz CT molecular complexity index is 1090. The quantitative estimate of drug-likeness (QED) is 0.560. The topological polar surface area (TPSA) is 85.5 Å². The van der Waals surface area contributed by atoms with Crippen LogP contribution in [0.3, 0.4) is 0 Å². The Hall–Kier alpha value is -2.71. The first-order chi connectivity index (χ1) is 13.8. The van der Waals surface area contributed by atoms with Crippen molar-refractivity contribution in [3.63, 3.8) is 0 Å². The number of hydrogen-bond acceptors (Lipinski definition) is 6. The van der Waals surface area contributed by atoms with Crippen molar-refractivity contribution >= 4 is 10.0 Å². The fraction of sp³-hybridized carbons (Fsp3) is 0.333. The molecule has 3 aromatic rings. The van der Waals surface area contributed by atoms with Gasteiger partial charge in [-0.3, -0.25) is 0 Å². The smallest absolute Gasteiger partial charge is 0.264 e. The molecule has 0 aliphatic heterocycles. The van der Waals surface area contributed by atoms with Crippen molar-refractivity contribution < 1.29 is 17.7 Å². The minimum Gasteiger partial charge on any atom is -0.483 e. The van der Waals surface area contributed by atoms with Gasteiger partial charge in [0.1, 0.15) is 5.75 Å². The molecule has 29 heavy (non-hydrogen) atoms. The van der Waals surface area contributed by atoms with E-state index in [9.17, 15) is 8.42 Å². The van der Waals surface area contributed by atoms with Gasteiger partial charge in [-0.1, -0.05) is 29.4 Å². The number of ether oxygens (including phenoxy) is 1. The molecule has 0 saturated carbocycles.